The first kappa shape index (κ1) is 20.5. The van der Waals surface area contributed by atoms with Crippen LogP contribution in [-0.2, 0) is 17.5 Å². The second-order valence-electron chi connectivity index (χ2n) is 6.71. The van der Waals surface area contributed by atoms with Crippen molar-refractivity contribution in [2.75, 3.05) is 37.6 Å². The second-order valence-corrected chi connectivity index (χ2v) is 7.15. The lowest BCUT2D eigenvalue weighted by Gasteiger charge is -2.35. The van der Waals surface area contributed by atoms with E-state index in [9.17, 15) is 18.0 Å². The van der Waals surface area contributed by atoms with Gasteiger partial charge in [-0.3, -0.25) is 9.69 Å². The van der Waals surface area contributed by atoms with Crippen molar-refractivity contribution >= 4 is 23.2 Å². The molecular weight excluding hydrogens is 391 g/mol. The van der Waals surface area contributed by atoms with E-state index in [0.717, 1.165) is 44.0 Å². The maximum atomic E-state index is 12.7. The highest BCUT2D eigenvalue weighted by Crippen LogP contribution is 2.29. The Hall–Kier alpha value is -2.25. The minimum absolute atomic E-state index is 0.0769. The summed E-state index contributed by atoms with van der Waals surface area (Å²) in [5.74, 6) is -0.197. The zero-order chi connectivity index (χ0) is 20.1. The summed E-state index contributed by atoms with van der Waals surface area (Å²) in [5, 5.41) is 3.39. The number of anilines is 1. The fraction of sp³-hybridized carbons (Fsp3) is 0.350. The highest BCUT2D eigenvalue weighted by Gasteiger charge is 2.30. The van der Waals surface area contributed by atoms with Gasteiger partial charge in [-0.15, -0.1) is 0 Å². The predicted molar refractivity (Wildman–Crippen MR) is 103 cm³/mol. The van der Waals surface area contributed by atoms with Gasteiger partial charge in [-0.1, -0.05) is 23.7 Å². The largest absolute Gasteiger partial charge is 0.416 e. The average Bonchev–Trinajstić information content (AvgIpc) is 2.67. The molecule has 0 saturated carbocycles. The van der Waals surface area contributed by atoms with Gasteiger partial charge in [-0.25, -0.2) is 0 Å². The molecule has 1 heterocycles. The number of amides is 1. The number of carbonyl (C=O) groups excluding carboxylic acids is 1. The Balaban J connectivity index is 1.44. The van der Waals surface area contributed by atoms with Gasteiger partial charge in [0.1, 0.15) is 0 Å². The Morgan fingerprint density at radius 3 is 2.36 bits per heavy atom. The number of hydrogen-bond donors (Lipinski definition) is 1. The third-order valence-electron chi connectivity index (χ3n) is 4.68. The van der Waals surface area contributed by atoms with Crippen LogP contribution in [0.5, 0.6) is 0 Å². The van der Waals surface area contributed by atoms with E-state index in [0.29, 0.717) is 10.6 Å². The molecule has 8 heteroatoms. The smallest absolute Gasteiger partial charge is 0.369 e. The molecule has 0 bridgehead atoms. The van der Waals surface area contributed by atoms with Crippen molar-refractivity contribution in [1.29, 1.82) is 0 Å². The molecule has 0 radical (unpaired) electrons. The molecule has 1 saturated heterocycles. The summed E-state index contributed by atoms with van der Waals surface area (Å²) in [7, 11) is 0. The normalized spacial score (nSPS) is 15.5. The number of piperazine rings is 1. The molecule has 0 spiro atoms. The summed E-state index contributed by atoms with van der Waals surface area (Å²) in [4.78, 5) is 16.4. The summed E-state index contributed by atoms with van der Waals surface area (Å²) in [6.07, 6.45) is -4.39. The molecule has 1 aliphatic heterocycles. The summed E-state index contributed by atoms with van der Waals surface area (Å²) in [5.41, 5.74) is 0.811. The van der Waals surface area contributed by atoms with Crippen molar-refractivity contribution in [3.05, 3.63) is 64.7 Å². The molecule has 1 N–H and O–H groups in total. The van der Waals surface area contributed by atoms with E-state index in [4.69, 9.17) is 11.6 Å². The van der Waals surface area contributed by atoms with Crippen LogP contribution >= 0.6 is 11.6 Å². The highest BCUT2D eigenvalue weighted by atomic mass is 35.5. The summed E-state index contributed by atoms with van der Waals surface area (Å²) >= 11 is 5.91. The van der Waals surface area contributed by atoms with Crippen molar-refractivity contribution < 1.29 is 18.0 Å². The Labute approximate surface area is 166 Å². The van der Waals surface area contributed by atoms with Gasteiger partial charge in [-0.2, -0.15) is 13.2 Å². The van der Waals surface area contributed by atoms with Crippen LogP contribution in [0.3, 0.4) is 0 Å². The fourth-order valence-electron chi connectivity index (χ4n) is 3.13. The van der Waals surface area contributed by atoms with Gasteiger partial charge in [0.15, 0.2) is 0 Å². The van der Waals surface area contributed by atoms with Crippen LogP contribution in [0.25, 0.3) is 0 Å². The van der Waals surface area contributed by atoms with Crippen LogP contribution in [0.4, 0.5) is 18.9 Å². The van der Waals surface area contributed by atoms with Crippen molar-refractivity contribution in [2.45, 2.75) is 12.7 Å². The topological polar surface area (TPSA) is 35.6 Å². The van der Waals surface area contributed by atoms with Crippen LogP contribution in [0, 0.1) is 0 Å². The number of nitrogens with zero attached hydrogens (tertiary/aromatic N) is 2. The maximum Gasteiger partial charge on any atom is 0.416 e. The second kappa shape index (κ2) is 8.84. The Morgan fingerprint density at radius 2 is 1.71 bits per heavy atom. The van der Waals surface area contributed by atoms with Gasteiger partial charge >= 0.3 is 6.18 Å². The van der Waals surface area contributed by atoms with E-state index >= 15 is 0 Å². The average molecular weight is 412 g/mol. The van der Waals surface area contributed by atoms with Crippen LogP contribution in [0.15, 0.2) is 48.5 Å². The third-order valence-corrected chi connectivity index (χ3v) is 4.93. The number of carbonyl (C=O) groups is 1. The third kappa shape index (κ3) is 5.62. The molecule has 1 amide bonds. The number of hydrogen-bond acceptors (Lipinski definition) is 3. The summed E-state index contributed by atoms with van der Waals surface area (Å²) < 4.78 is 38.2. The van der Waals surface area contributed by atoms with Gasteiger partial charge in [0.2, 0.25) is 5.91 Å². The number of halogens is 4. The minimum Gasteiger partial charge on any atom is -0.369 e. The monoisotopic (exact) mass is 411 g/mol. The predicted octanol–water partition coefficient (Wildman–Crippen LogP) is 3.80. The van der Waals surface area contributed by atoms with E-state index < -0.39 is 11.7 Å². The van der Waals surface area contributed by atoms with E-state index in [-0.39, 0.29) is 19.0 Å². The Bertz CT molecular complexity index is 803. The van der Waals surface area contributed by atoms with Crippen LogP contribution < -0.4 is 10.2 Å². The molecule has 2 aromatic rings. The molecule has 0 unspecified atom stereocenters. The number of nitrogens with one attached hydrogen (secondary N) is 1. The molecule has 3 rings (SSSR count). The first-order valence-corrected chi connectivity index (χ1v) is 9.35. The van der Waals surface area contributed by atoms with Gasteiger partial charge in [0.25, 0.3) is 0 Å². The highest BCUT2D eigenvalue weighted by molar-refractivity contribution is 6.30. The van der Waals surface area contributed by atoms with Crippen molar-refractivity contribution in [1.82, 2.24) is 10.2 Å². The van der Waals surface area contributed by atoms with Gasteiger partial charge in [0, 0.05) is 43.4 Å². The first-order chi connectivity index (χ1) is 13.3. The van der Waals surface area contributed by atoms with Crippen LogP contribution in [0.1, 0.15) is 11.1 Å². The number of rotatable bonds is 5. The van der Waals surface area contributed by atoms with E-state index in [1.165, 1.54) is 6.07 Å². The van der Waals surface area contributed by atoms with Crippen molar-refractivity contribution in [3.63, 3.8) is 0 Å². The standard InChI is InChI=1S/C20H21ClF3N3O/c21-17-4-6-18(7-5-17)27-10-8-26(9-11-27)14-19(28)25-13-15-2-1-3-16(12-15)20(22,23)24/h1-7,12H,8-11,13-14H2,(H,25,28). The van der Waals surface area contributed by atoms with Gasteiger partial charge in [-0.05, 0) is 42.0 Å². The van der Waals surface area contributed by atoms with Gasteiger partial charge in [0.05, 0.1) is 12.1 Å². The van der Waals surface area contributed by atoms with Crippen molar-refractivity contribution in [2.24, 2.45) is 0 Å². The molecule has 4 nitrogen and oxygen atoms in total. The summed E-state index contributed by atoms with van der Waals surface area (Å²) in [6.45, 7) is 3.37. The summed E-state index contributed by atoms with van der Waals surface area (Å²) in [6, 6.07) is 12.6. The quantitative estimate of drug-likeness (QED) is 0.813. The van der Waals surface area contributed by atoms with E-state index in [2.05, 4.69) is 10.2 Å². The SMILES string of the molecule is O=C(CN1CCN(c2ccc(Cl)cc2)CC1)NCc1cccc(C(F)(F)F)c1. The van der Waals surface area contributed by atoms with E-state index in [1.807, 2.05) is 29.2 Å². The zero-order valence-electron chi connectivity index (χ0n) is 15.2. The fourth-order valence-corrected chi connectivity index (χ4v) is 3.26. The molecule has 28 heavy (non-hydrogen) atoms. The Morgan fingerprint density at radius 1 is 1.04 bits per heavy atom. The molecular formula is C20H21ClF3N3O. The van der Waals surface area contributed by atoms with Crippen molar-refractivity contribution in [3.8, 4) is 0 Å². The molecule has 1 fully saturated rings. The first-order valence-electron chi connectivity index (χ1n) is 8.97. The minimum atomic E-state index is -4.39. The van der Waals surface area contributed by atoms with E-state index in [1.54, 1.807) is 6.07 Å². The molecule has 0 aromatic heterocycles. The number of alkyl halides is 3. The molecule has 150 valence electrons. The lowest BCUT2D eigenvalue weighted by atomic mass is 10.1. The maximum absolute atomic E-state index is 12.7. The number of benzene rings is 2. The molecule has 2 aromatic carbocycles. The Kier molecular flexibility index (Phi) is 6.46. The molecule has 1 aliphatic rings. The van der Waals surface area contributed by atoms with Crippen LogP contribution in [0.2, 0.25) is 5.02 Å². The lowest BCUT2D eigenvalue weighted by molar-refractivity contribution is -0.137. The van der Waals surface area contributed by atoms with Crippen LogP contribution in [-0.4, -0.2) is 43.5 Å². The zero-order valence-corrected chi connectivity index (χ0v) is 15.9. The molecule has 0 atom stereocenters. The van der Waals surface area contributed by atoms with Gasteiger partial charge < -0.3 is 10.2 Å². The lowest BCUT2D eigenvalue weighted by Crippen LogP contribution is -2.49. The molecule has 0 aliphatic carbocycles.